The Morgan fingerprint density at radius 3 is 0.709 bits per heavy atom. The van der Waals surface area contributed by atoms with Crippen LogP contribution in [0.5, 0.6) is 23.0 Å². The molecule has 4 aromatic heterocycles. The monoisotopic (exact) mass is 1550 g/mol. The summed E-state index contributed by atoms with van der Waals surface area (Å²) in [4.78, 5) is 0. The first-order valence-electron chi connectivity index (χ1n) is 42.6. The van der Waals surface area contributed by atoms with Crippen LogP contribution in [0.3, 0.4) is 0 Å². The van der Waals surface area contributed by atoms with Gasteiger partial charge in [0, 0.05) is 131 Å². The van der Waals surface area contributed by atoms with Crippen LogP contribution >= 0.6 is 0 Å². The van der Waals surface area contributed by atoms with Gasteiger partial charge >= 0.3 is 14.2 Å². The summed E-state index contributed by atoms with van der Waals surface area (Å²) in [6, 6.07) is 97.5. The number of benzene rings is 12. The summed E-state index contributed by atoms with van der Waals surface area (Å²) >= 11 is 0. The Balaban J connectivity index is 0.695. The van der Waals surface area contributed by atoms with Crippen LogP contribution < -0.4 is 29.9 Å². The van der Waals surface area contributed by atoms with E-state index in [-0.39, 0.29) is 0 Å². The van der Waals surface area contributed by atoms with Crippen LogP contribution in [0.1, 0.15) is 129 Å². The number of rotatable bonds is 30. The predicted octanol–water partition coefficient (Wildman–Crippen LogP) is 22.9. The van der Waals surface area contributed by atoms with Crippen molar-refractivity contribution >= 4 is 112 Å². The molecular formula is C103H104B2N4O8. The molecule has 0 spiro atoms. The minimum absolute atomic E-state index is 0.528. The third-order valence-corrected chi connectivity index (χ3v) is 26.2. The van der Waals surface area contributed by atoms with Crippen molar-refractivity contribution in [1.82, 2.24) is 18.3 Å². The third-order valence-electron chi connectivity index (χ3n) is 26.2. The molecule has 19 rings (SSSR count). The highest BCUT2D eigenvalue weighted by atomic mass is 16.7. The van der Waals surface area contributed by atoms with Gasteiger partial charge in [-0.25, -0.2) is 0 Å². The summed E-state index contributed by atoms with van der Waals surface area (Å²) in [5, 5.41) is 10.3. The highest BCUT2D eigenvalue weighted by Gasteiger charge is 2.55. The smallest absolute Gasteiger partial charge is 0.493 e. The highest BCUT2D eigenvalue weighted by molar-refractivity contribution is 6.62. The summed E-state index contributed by atoms with van der Waals surface area (Å²) in [7, 11) is -1.24. The van der Waals surface area contributed by atoms with Crippen molar-refractivity contribution in [3.05, 3.63) is 289 Å². The van der Waals surface area contributed by atoms with Crippen molar-refractivity contribution in [2.24, 2.45) is 0 Å². The average molecular weight is 1550 g/mol. The van der Waals surface area contributed by atoms with Crippen LogP contribution in [0.4, 0.5) is 0 Å². The summed E-state index contributed by atoms with van der Waals surface area (Å²) in [6.45, 7) is 22.7. The fourth-order valence-corrected chi connectivity index (χ4v) is 18.9. The van der Waals surface area contributed by atoms with E-state index in [0.29, 0.717) is 39.3 Å². The minimum Gasteiger partial charge on any atom is -0.493 e. The lowest BCUT2D eigenvalue weighted by Crippen LogP contribution is -2.41. The number of ether oxygens (including phenoxy) is 4. The lowest BCUT2D eigenvalue weighted by atomic mass is 9.66. The number of nitrogens with zero attached hydrogens (tertiary/aromatic N) is 4. The van der Waals surface area contributed by atoms with Gasteiger partial charge in [0.1, 0.15) is 23.0 Å². The molecule has 0 atom stereocenters. The van der Waals surface area contributed by atoms with E-state index in [1.54, 1.807) is 0 Å². The van der Waals surface area contributed by atoms with Crippen LogP contribution in [0, 0.1) is 0 Å². The van der Waals surface area contributed by atoms with Gasteiger partial charge in [-0.3, -0.25) is 0 Å². The number of aryl methyl sites for hydroxylation is 4. The first kappa shape index (κ1) is 76.0. The first-order chi connectivity index (χ1) is 56.9. The van der Waals surface area contributed by atoms with Gasteiger partial charge in [-0.2, -0.15) is 0 Å². The van der Waals surface area contributed by atoms with E-state index in [4.69, 9.17) is 37.6 Å². The summed E-state index contributed by atoms with van der Waals surface area (Å²) in [5.41, 5.74) is 15.7. The summed E-state index contributed by atoms with van der Waals surface area (Å²) in [5.74, 6) is 3.10. The molecular weight excluding hydrogens is 1440 g/mol. The van der Waals surface area contributed by atoms with Crippen molar-refractivity contribution in [1.29, 1.82) is 0 Å². The first-order valence-corrected chi connectivity index (χ1v) is 42.6. The molecule has 0 unspecified atom stereocenters. The molecule has 14 heteroatoms. The van der Waals surface area contributed by atoms with E-state index in [2.05, 4.69) is 341 Å². The van der Waals surface area contributed by atoms with Crippen molar-refractivity contribution in [3.63, 3.8) is 0 Å². The minimum atomic E-state index is -0.787. The molecule has 2 aliphatic heterocycles. The maximum Gasteiger partial charge on any atom is 0.494 e. The van der Waals surface area contributed by atoms with Gasteiger partial charge < -0.3 is 55.8 Å². The normalized spacial score (nSPS) is 15.8. The van der Waals surface area contributed by atoms with Crippen LogP contribution in [-0.2, 0) is 63.1 Å². The molecule has 0 radical (unpaired) electrons. The van der Waals surface area contributed by atoms with Crippen LogP contribution in [-0.4, -0.2) is 81.3 Å². The maximum atomic E-state index is 7.11. The molecule has 1 aliphatic carbocycles. The molecule has 2 saturated heterocycles. The van der Waals surface area contributed by atoms with E-state index >= 15 is 0 Å². The summed E-state index contributed by atoms with van der Waals surface area (Å²) < 4.78 is 66.4. The number of fused-ring (bicyclic) bond motifs is 15. The van der Waals surface area contributed by atoms with Crippen molar-refractivity contribution < 1.29 is 37.6 Å². The maximum absolute atomic E-state index is 7.11. The van der Waals surface area contributed by atoms with E-state index in [1.165, 1.54) is 98.4 Å². The second-order valence-electron chi connectivity index (χ2n) is 34.8. The number of aromatic nitrogens is 4. The molecule has 590 valence electrons. The van der Waals surface area contributed by atoms with Crippen LogP contribution in [0.15, 0.2) is 267 Å². The van der Waals surface area contributed by atoms with Gasteiger partial charge in [-0.15, -0.1) is 0 Å². The Morgan fingerprint density at radius 1 is 0.256 bits per heavy atom. The predicted molar refractivity (Wildman–Crippen MR) is 481 cm³/mol. The van der Waals surface area contributed by atoms with E-state index in [9.17, 15) is 0 Å². The van der Waals surface area contributed by atoms with Crippen molar-refractivity contribution in [2.45, 2.75) is 174 Å². The van der Waals surface area contributed by atoms with Gasteiger partial charge in [0.15, 0.2) is 0 Å². The fourth-order valence-electron chi connectivity index (χ4n) is 18.9. The Hall–Kier alpha value is -11.0. The Labute approximate surface area is 687 Å². The molecule has 12 aromatic carbocycles. The van der Waals surface area contributed by atoms with Gasteiger partial charge in [0.25, 0.3) is 0 Å². The molecule has 16 aromatic rings. The molecule has 0 N–H and O–H groups in total. The summed E-state index contributed by atoms with van der Waals surface area (Å²) in [6.07, 6.45) is 8.24. The lowest BCUT2D eigenvalue weighted by molar-refractivity contribution is 0.00578. The third kappa shape index (κ3) is 14.3. The Bertz CT molecular complexity index is 5490. The molecule has 117 heavy (non-hydrogen) atoms. The number of hydrogen-bond acceptors (Lipinski definition) is 8. The fraction of sp³-hybridized carbons (Fsp3) is 0.301. The zero-order valence-electron chi connectivity index (χ0n) is 68.8. The van der Waals surface area contributed by atoms with Gasteiger partial charge in [0.05, 0.1) is 48.8 Å². The average Bonchev–Trinajstić information content (AvgIpc) is 1.55. The SMILES string of the molecule is CC1(C)OB(c2ccc3c(c2)C(Cc2cc(OCCCCn4c5ccccc5c5ccccc54)cc(OCCCCn4c5ccccc5c5ccccc54)c2)(Cc2cc(OCCCCn4c5ccccc5c5ccccc54)cc(OCCCCn4c5ccccc5c5ccccc54)c2)c2cc(B4OC(C)(C)C(C)(C)O4)ccc2-3)OC1(C)C. The standard InChI is InChI=1S/C103H104B2N4O8/c1-99(2)100(3,4)115-104(114-99)73-49-51-79-80-52-50-74(105-116-101(5,6)102(7,8)117-105)66-90(80)103(89(79)65-73,69-71-61-75(110-57-29-25-53-106-91-41-17-9-33-81(91)82-34-10-18-42-92(82)106)67-76(62-71)111-58-30-26-54-107-93-43-19-11-35-83(93)84-36-12-20-44-94(84)107)70-72-63-77(112-59-31-27-55-108-95-45-21-13-37-85(95)86-38-14-22-46-96(86)108)68-78(64-72)113-60-32-28-56-109-97-47-23-15-39-87(97)88-40-16-24-48-98(88)109/h9-24,33-52,61-68H,25-32,53-60,69-70H2,1-8H3. The second-order valence-corrected chi connectivity index (χ2v) is 34.8. The lowest BCUT2D eigenvalue weighted by Gasteiger charge is -2.34. The zero-order chi connectivity index (χ0) is 79.6. The zero-order valence-corrected chi connectivity index (χ0v) is 68.8. The van der Waals surface area contributed by atoms with Crippen LogP contribution in [0.25, 0.3) is 98.4 Å². The van der Waals surface area contributed by atoms with Crippen LogP contribution in [0.2, 0.25) is 0 Å². The molecule has 2 fully saturated rings. The molecule has 0 amide bonds. The molecule has 12 nitrogen and oxygen atoms in total. The van der Waals surface area contributed by atoms with Gasteiger partial charge in [0.2, 0.25) is 0 Å². The van der Waals surface area contributed by atoms with E-state index in [1.807, 2.05) is 0 Å². The molecule has 0 saturated carbocycles. The van der Waals surface area contributed by atoms with E-state index < -0.39 is 42.1 Å². The van der Waals surface area contributed by atoms with Gasteiger partial charge in [-0.05, 0) is 237 Å². The topological polar surface area (TPSA) is 93.6 Å². The van der Waals surface area contributed by atoms with Crippen molar-refractivity contribution in [3.8, 4) is 34.1 Å². The largest absolute Gasteiger partial charge is 0.494 e. The second kappa shape index (κ2) is 31.1. The Kier molecular flexibility index (Phi) is 20.2. The molecule has 0 bridgehead atoms. The number of hydrogen-bond donors (Lipinski definition) is 0. The number of unbranched alkanes of at least 4 members (excludes halogenated alkanes) is 4. The number of para-hydroxylation sites is 8. The molecule has 6 heterocycles. The van der Waals surface area contributed by atoms with Crippen molar-refractivity contribution in [2.75, 3.05) is 26.4 Å². The van der Waals surface area contributed by atoms with Gasteiger partial charge in [-0.1, -0.05) is 182 Å². The highest BCUT2D eigenvalue weighted by Crippen LogP contribution is 2.54. The quantitative estimate of drug-likeness (QED) is 0.0325. The Morgan fingerprint density at radius 2 is 0.479 bits per heavy atom. The van der Waals surface area contributed by atoms with E-state index in [0.717, 1.165) is 134 Å². The molecule has 3 aliphatic rings.